The Labute approximate surface area is 108 Å². The molecule has 1 aromatic carbocycles. The molecule has 0 saturated carbocycles. The van der Waals surface area contributed by atoms with Crippen molar-refractivity contribution in [2.75, 3.05) is 17.7 Å². The van der Waals surface area contributed by atoms with Gasteiger partial charge >= 0.3 is 0 Å². The van der Waals surface area contributed by atoms with Gasteiger partial charge in [-0.25, -0.2) is 13.8 Å². The second kappa shape index (κ2) is 5.43. The van der Waals surface area contributed by atoms with E-state index in [0.29, 0.717) is 5.82 Å². The minimum Gasteiger partial charge on any atom is -0.373 e. The summed E-state index contributed by atoms with van der Waals surface area (Å²) >= 11 is 0. The molecule has 0 bridgehead atoms. The van der Waals surface area contributed by atoms with Crippen molar-refractivity contribution in [2.24, 2.45) is 0 Å². The molecule has 1 amide bonds. The smallest absolute Gasteiger partial charge is 0.257 e. The molecule has 1 aromatic heterocycles. The van der Waals surface area contributed by atoms with Crippen LogP contribution in [-0.4, -0.2) is 17.9 Å². The van der Waals surface area contributed by atoms with Gasteiger partial charge in [-0.05, 0) is 24.3 Å². The number of benzene rings is 1. The molecular weight excluding hydrogens is 252 g/mol. The third-order valence-electron chi connectivity index (χ3n) is 2.48. The number of para-hydroxylation sites is 1. The molecule has 19 heavy (non-hydrogen) atoms. The Kier molecular flexibility index (Phi) is 3.70. The van der Waals surface area contributed by atoms with Gasteiger partial charge in [0.1, 0.15) is 23.1 Å². The van der Waals surface area contributed by atoms with Gasteiger partial charge in [0, 0.05) is 13.2 Å². The summed E-state index contributed by atoms with van der Waals surface area (Å²) < 4.78 is 26.7. The first-order chi connectivity index (χ1) is 9.11. The lowest BCUT2D eigenvalue weighted by molar-refractivity contribution is 0.102. The average Bonchev–Trinajstić information content (AvgIpc) is 2.43. The van der Waals surface area contributed by atoms with Crippen molar-refractivity contribution in [1.29, 1.82) is 0 Å². The SMILES string of the molecule is CNc1ccc(C(=O)Nc2c(F)cccc2F)cn1. The molecule has 98 valence electrons. The monoisotopic (exact) mass is 263 g/mol. The van der Waals surface area contributed by atoms with Crippen LogP contribution < -0.4 is 10.6 Å². The first-order valence-electron chi connectivity index (χ1n) is 5.51. The van der Waals surface area contributed by atoms with Crippen LogP contribution in [-0.2, 0) is 0 Å². The fourth-order valence-electron chi connectivity index (χ4n) is 1.48. The van der Waals surface area contributed by atoms with Crippen LogP contribution >= 0.6 is 0 Å². The van der Waals surface area contributed by atoms with Crippen LogP contribution in [0.3, 0.4) is 0 Å². The van der Waals surface area contributed by atoms with E-state index >= 15 is 0 Å². The summed E-state index contributed by atoms with van der Waals surface area (Å²) in [6, 6.07) is 6.46. The highest BCUT2D eigenvalue weighted by Gasteiger charge is 2.13. The molecule has 0 fully saturated rings. The van der Waals surface area contributed by atoms with Gasteiger partial charge in [0.25, 0.3) is 5.91 Å². The number of anilines is 2. The minimum absolute atomic E-state index is 0.210. The van der Waals surface area contributed by atoms with Crippen LogP contribution in [0.4, 0.5) is 20.3 Å². The molecule has 0 atom stereocenters. The summed E-state index contributed by atoms with van der Waals surface area (Å²) in [6.07, 6.45) is 1.32. The van der Waals surface area contributed by atoms with Crippen molar-refractivity contribution >= 4 is 17.4 Å². The predicted octanol–water partition coefficient (Wildman–Crippen LogP) is 2.65. The van der Waals surface area contributed by atoms with Crippen molar-refractivity contribution in [3.63, 3.8) is 0 Å². The first-order valence-corrected chi connectivity index (χ1v) is 5.51. The summed E-state index contributed by atoms with van der Waals surface area (Å²) in [6.45, 7) is 0. The molecular formula is C13H11F2N3O. The Bertz CT molecular complexity index is 579. The number of amides is 1. The fraction of sp³-hybridized carbons (Fsp3) is 0.0769. The second-order valence-corrected chi connectivity index (χ2v) is 3.73. The van der Waals surface area contributed by atoms with Gasteiger partial charge in [-0.3, -0.25) is 4.79 Å². The van der Waals surface area contributed by atoms with Crippen molar-refractivity contribution in [2.45, 2.75) is 0 Å². The van der Waals surface area contributed by atoms with Crippen molar-refractivity contribution < 1.29 is 13.6 Å². The van der Waals surface area contributed by atoms with Crippen LogP contribution in [0, 0.1) is 11.6 Å². The molecule has 0 spiro atoms. The number of carbonyl (C=O) groups is 1. The highest BCUT2D eigenvalue weighted by molar-refractivity contribution is 6.04. The highest BCUT2D eigenvalue weighted by Crippen LogP contribution is 2.19. The normalized spacial score (nSPS) is 10.1. The summed E-state index contributed by atoms with van der Waals surface area (Å²) in [7, 11) is 1.69. The molecule has 2 aromatic rings. The maximum atomic E-state index is 13.4. The second-order valence-electron chi connectivity index (χ2n) is 3.73. The van der Waals surface area contributed by atoms with Gasteiger partial charge < -0.3 is 10.6 Å². The number of nitrogens with zero attached hydrogens (tertiary/aromatic N) is 1. The van der Waals surface area contributed by atoms with Gasteiger partial charge in [-0.1, -0.05) is 6.07 Å². The van der Waals surface area contributed by atoms with Gasteiger partial charge in [0.05, 0.1) is 5.56 Å². The topological polar surface area (TPSA) is 54.0 Å². The van der Waals surface area contributed by atoms with Crippen LogP contribution in [0.25, 0.3) is 0 Å². The van der Waals surface area contributed by atoms with Crippen LogP contribution in [0.2, 0.25) is 0 Å². The van der Waals surface area contributed by atoms with E-state index < -0.39 is 23.2 Å². The van der Waals surface area contributed by atoms with Gasteiger partial charge in [-0.2, -0.15) is 0 Å². The van der Waals surface area contributed by atoms with E-state index in [1.54, 1.807) is 13.1 Å². The minimum atomic E-state index is -0.826. The number of nitrogens with one attached hydrogen (secondary N) is 2. The van der Waals surface area contributed by atoms with Crippen LogP contribution in [0.15, 0.2) is 36.5 Å². The van der Waals surface area contributed by atoms with E-state index in [1.165, 1.54) is 18.3 Å². The summed E-state index contributed by atoms with van der Waals surface area (Å²) in [4.78, 5) is 15.8. The largest absolute Gasteiger partial charge is 0.373 e. The molecule has 0 aliphatic rings. The number of carbonyl (C=O) groups excluding carboxylic acids is 1. The summed E-state index contributed by atoms with van der Waals surface area (Å²) in [5, 5.41) is 4.98. The number of halogens is 2. The zero-order chi connectivity index (χ0) is 13.8. The maximum absolute atomic E-state index is 13.4. The average molecular weight is 263 g/mol. The summed E-state index contributed by atoms with van der Waals surface area (Å²) in [5.74, 6) is -1.69. The predicted molar refractivity (Wildman–Crippen MR) is 68.1 cm³/mol. The van der Waals surface area contributed by atoms with E-state index in [2.05, 4.69) is 15.6 Å². The zero-order valence-electron chi connectivity index (χ0n) is 10.1. The van der Waals surface area contributed by atoms with Crippen LogP contribution in [0.5, 0.6) is 0 Å². The molecule has 2 rings (SSSR count). The van der Waals surface area contributed by atoms with E-state index in [1.807, 2.05) is 0 Å². The quantitative estimate of drug-likeness (QED) is 0.895. The molecule has 2 N–H and O–H groups in total. The molecule has 0 radical (unpaired) electrons. The first kappa shape index (κ1) is 12.9. The molecule has 0 aliphatic carbocycles. The van der Waals surface area contributed by atoms with Gasteiger partial charge in [0.15, 0.2) is 0 Å². The van der Waals surface area contributed by atoms with Crippen molar-refractivity contribution in [3.05, 3.63) is 53.7 Å². The number of aromatic nitrogens is 1. The molecule has 6 heteroatoms. The zero-order valence-corrected chi connectivity index (χ0v) is 10.1. The third-order valence-corrected chi connectivity index (χ3v) is 2.48. The maximum Gasteiger partial charge on any atom is 0.257 e. The Morgan fingerprint density at radius 3 is 2.37 bits per heavy atom. The Hall–Kier alpha value is -2.50. The number of hydrogen-bond acceptors (Lipinski definition) is 3. The van der Waals surface area contributed by atoms with E-state index in [4.69, 9.17) is 0 Å². The van der Waals surface area contributed by atoms with Gasteiger partial charge in [0.2, 0.25) is 0 Å². The Balaban J connectivity index is 2.20. The lowest BCUT2D eigenvalue weighted by Crippen LogP contribution is -2.14. The molecule has 0 unspecified atom stereocenters. The third kappa shape index (κ3) is 2.85. The number of pyridine rings is 1. The lowest BCUT2D eigenvalue weighted by atomic mass is 10.2. The molecule has 0 saturated heterocycles. The van der Waals surface area contributed by atoms with Crippen LogP contribution in [0.1, 0.15) is 10.4 Å². The lowest BCUT2D eigenvalue weighted by Gasteiger charge is -2.07. The molecule has 0 aliphatic heterocycles. The number of rotatable bonds is 3. The molecule has 1 heterocycles. The van der Waals surface area contributed by atoms with Crippen molar-refractivity contribution in [1.82, 2.24) is 4.98 Å². The highest BCUT2D eigenvalue weighted by atomic mass is 19.1. The molecule has 4 nitrogen and oxygen atoms in total. The van der Waals surface area contributed by atoms with Gasteiger partial charge in [-0.15, -0.1) is 0 Å². The van der Waals surface area contributed by atoms with E-state index in [9.17, 15) is 13.6 Å². The Morgan fingerprint density at radius 1 is 1.16 bits per heavy atom. The van der Waals surface area contributed by atoms with E-state index in [-0.39, 0.29) is 5.56 Å². The number of hydrogen-bond donors (Lipinski definition) is 2. The van der Waals surface area contributed by atoms with Crippen molar-refractivity contribution in [3.8, 4) is 0 Å². The fourth-order valence-corrected chi connectivity index (χ4v) is 1.48. The standard InChI is InChI=1S/C13H11F2N3O/c1-16-11-6-5-8(7-17-11)13(19)18-12-9(14)3-2-4-10(12)15/h2-7H,1H3,(H,16,17)(H,18,19). The Morgan fingerprint density at radius 2 is 1.84 bits per heavy atom. The van der Waals surface area contributed by atoms with E-state index in [0.717, 1.165) is 12.1 Å². The summed E-state index contributed by atoms with van der Waals surface area (Å²) in [5.41, 5.74) is -0.258.